The van der Waals surface area contributed by atoms with Gasteiger partial charge in [-0.15, -0.1) is 0 Å². The average molecular weight is 276 g/mol. The number of amides is 1. The molecule has 2 rings (SSSR count). The van der Waals surface area contributed by atoms with E-state index in [1.54, 1.807) is 18.2 Å². The summed E-state index contributed by atoms with van der Waals surface area (Å²) >= 11 is 0. The van der Waals surface area contributed by atoms with Gasteiger partial charge in [-0.1, -0.05) is 18.6 Å². The molecule has 0 unspecified atom stereocenters. The van der Waals surface area contributed by atoms with Crippen LogP contribution in [0.1, 0.15) is 48.5 Å². The Morgan fingerprint density at radius 2 is 2.10 bits per heavy atom. The molecule has 4 heteroatoms. The van der Waals surface area contributed by atoms with E-state index >= 15 is 0 Å². The molecule has 0 saturated heterocycles. The third kappa shape index (κ3) is 3.12. The van der Waals surface area contributed by atoms with Gasteiger partial charge in [0.25, 0.3) is 5.91 Å². The first-order chi connectivity index (χ1) is 9.46. The lowest BCUT2D eigenvalue weighted by molar-refractivity contribution is 0.0857. The molecule has 110 valence electrons. The van der Waals surface area contributed by atoms with Crippen LogP contribution in [0.25, 0.3) is 0 Å². The lowest BCUT2D eigenvalue weighted by Crippen LogP contribution is -2.55. The molecule has 1 aliphatic rings. The van der Waals surface area contributed by atoms with Gasteiger partial charge in [0.1, 0.15) is 5.75 Å². The number of carbonyl (C=O) groups excluding carboxylic acids is 1. The van der Waals surface area contributed by atoms with Crippen molar-refractivity contribution in [2.75, 3.05) is 6.54 Å². The Kier molecular flexibility index (Phi) is 4.33. The van der Waals surface area contributed by atoms with Crippen molar-refractivity contribution in [1.29, 1.82) is 0 Å². The summed E-state index contributed by atoms with van der Waals surface area (Å²) in [7, 11) is 0. The topological polar surface area (TPSA) is 75.3 Å². The summed E-state index contributed by atoms with van der Waals surface area (Å²) in [4.78, 5) is 12.4. The normalized spacial score (nSPS) is 26.2. The van der Waals surface area contributed by atoms with Gasteiger partial charge in [0.05, 0.1) is 11.1 Å². The van der Waals surface area contributed by atoms with E-state index in [2.05, 4.69) is 12.2 Å². The van der Waals surface area contributed by atoms with Crippen LogP contribution in [0.5, 0.6) is 5.75 Å². The third-order valence-electron chi connectivity index (χ3n) is 4.40. The molecule has 1 aliphatic carbocycles. The van der Waals surface area contributed by atoms with Crippen molar-refractivity contribution in [1.82, 2.24) is 5.32 Å². The minimum Gasteiger partial charge on any atom is -0.507 e. The largest absolute Gasteiger partial charge is 0.507 e. The molecule has 20 heavy (non-hydrogen) atoms. The zero-order chi connectivity index (χ0) is 14.8. The molecular weight excluding hydrogens is 252 g/mol. The predicted octanol–water partition coefficient (Wildman–Crippen LogP) is 2.34. The minimum absolute atomic E-state index is 0.0180. The number of hydrogen-bond donors (Lipinski definition) is 3. The summed E-state index contributed by atoms with van der Waals surface area (Å²) in [5, 5.41) is 12.9. The van der Waals surface area contributed by atoms with E-state index in [4.69, 9.17) is 5.73 Å². The first kappa shape index (κ1) is 14.9. The zero-order valence-corrected chi connectivity index (χ0v) is 12.3. The monoisotopic (exact) mass is 276 g/mol. The molecule has 1 fully saturated rings. The Bertz CT molecular complexity index is 491. The minimum atomic E-state index is -0.320. The molecule has 0 radical (unpaired) electrons. The standard InChI is InChI=1S/C16H24N2O2/c1-11-5-7-16(10-17,8-6-11)18-15(20)13-9-12(2)3-4-14(13)19/h3-4,9,11,19H,5-8,10,17H2,1-2H3,(H,18,20). The molecule has 1 saturated carbocycles. The summed E-state index contributed by atoms with van der Waals surface area (Å²) < 4.78 is 0. The highest BCUT2D eigenvalue weighted by Crippen LogP contribution is 2.32. The quantitative estimate of drug-likeness (QED) is 0.793. The lowest BCUT2D eigenvalue weighted by Gasteiger charge is -2.39. The van der Waals surface area contributed by atoms with Crippen LogP contribution >= 0.6 is 0 Å². The van der Waals surface area contributed by atoms with Gasteiger partial charge in [0.15, 0.2) is 0 Å². The summed E-state index contributed by atoms with van der Waals surface area (Å²) in [5.41, 5.74) is 6.86. The van der Waals surface area contributed by atoms with Crippen LogP contribution in [0.2, 0.25) is 0 Å². The van der Waals surface area contributed by atoms with Crippen LogP contribution < -0.4 is 11.1 Å². The number of hydrogen-bond acceptors (Lipinski definition) is 3. The Morgan fingerprint density at radius 3 is 2.70 bits per heavy atom. The van der Waals surface area contributed by atoms with Gasteiger partial charge >= 0.3 is 0 Å². The maximum atomic E-state index is 12.4. The third-order valence-corrected chi connectivity index (χ3v) is 4.40. The molecule has 0 bridgehead atoms. The van der Waals surface area contributed by atoms with Crippen LogP contribution in [-0.2, 0) is 0 Å². The Hall–Kier alpha value is -1.55. The molecule has 0 heterocycles. The molecule has 0 atom stereocenters. The van der Waals surface area contributed by atoms with Gasteiger partial charge in [0.2, 0.25) is 0 Å². The molecule has 4 nitrogen and oxygen atoms in total. The number of aryl methyl sites for hydroxylation is 1. The second-order valence-corrected chi connectivity index (χ2v) is 6.14. The van der Waals surface area contributed by atoms with E-state index in [1.807, 2.05) is 6.92 Å². The summed E-state index contributed by atoms with van der Waals surface area (Å²) in [6, 6.07) is 5.05. The van der Waals surface area contributed by atoms with Gasteiger partial charge in [-0.3, -0.25) is 4.79 Å². The molecule has 1 aromatic rings. The van der Waals surface area contributed by atoms with E-state index in [9.17, 15) is 9.90 Å². The maximum Gasteiger partial charge on any atom is 0.255 e. The fourth-order valence-electron chi connectivity index (χ4n) is 2.83. The highest BCUT2D eigenvalue weighted by molar-refractivity contribution is 5.97. The van der Waals surface area contributed by atoms with Gasteiger partial charge in [-0.05, 0) is 50.7 Å². The van der Waals surface area contributed by atoms with Gasteiger partial charge < -0.3 is 16.2 Å². The molecule has 0 aliphatic heterocycles. The molecular formula is C16H24N2O2. The molecule has 0 aromatic heterocycles. The van der Waals surface area contributed by atoms with Crippen molar-refractivity contribution < 1.29 is 9.90 Å². The van der Waals surface area contributed by atoms with Crippen LogP contribution in [0.4, 0.5) is 0 Å². The number of nitrogens with one attached hydrogen (secondary N) is 1. The summed E-state index contributed by atoms with van der Waals surface area (Å²) in [6.07, 6.45) is 3.97. The number of phenolic OH excluding ortho intramolecular Hbond substituents is 1. The predicted molar refractivity (Wildman–Crippen MR) is 79.7 cm³/mol. The maximum absolute atomic E-state index is 12.4. The van der Waals surface area contributed by atoms with Gasteiger partial charge in [-0.25, -0.2) is 0 Å². The highest BCUT2D eigenvalue weighted by Gasteiger charge is 2.34. The van der Waals surface area contributed by atoms with Crippen molar-refractivity contribution in [3.05, 3.63) is 29.3 Å². The highest BCUT2D eigenvalue weighted by atomic mass is 16.3. The van der Waals surface area contributed by atoms with E-state index < -0.39 is 0 Å². The average Bonchev–Trinajstić information content (AvgIpc) is 2.44. The van der Waals surface area contributed by atoms with Crippen LogP contribution in [0, 0.1) is 12.8 Å². The molecule has 1 amide bonds. The zero-order valence-electron chi connectivity index (χ0n) is 12.3. The van der Waals surface area contributed by atoms with Crippen molar-refractivity contribution in [3.63, 3.8) is 0 Å². The number of rotatable bonds is 3. The Morgan fingerprint density at radius 1 is 1.45 bits per heavy atom. The summed E-state index contributed by atoms with van der Waals surface area (Å²) in [6.45, 7) is 4.57. The first-order valence-corrected chi connectivity index (χ1v) is 7.28. The van der Waals surface area contributed by atoms with Crippen LogP contribution in [0.3, 0.4) is 0 Å². The van der Waals surface area contributed by atoms with E-state index in [0.29, 0.717) is 18.0 Å². The van der Waals surface area contributed by atoms with E-state index in [0.717, 1.165) is 31.2 Å². The van der Waals surface area contributed by atoms with E-state index in [1.165, 1.54) is 0 Å². The lowest BCUT2D eigenvalue weighted by atomic mass is 9.77. The van der Waals surface area contributed by atoms with Crippen molar-refractivity contribution in [2.24, 2.45) is 11.7 Å². The van der Waals surface area contributed by atoms with E-state index in [-0.39, 0.29) is 17.2 Å². The molecule has 1 aromatic carbocycles. The van der Waals surface area contributed by atoms with Gasteiger partial charge in [-0.2, -0.15) is 0 Å². The molecule has 4 N–H and O–H groups in total. The number of aromatic hydroxyl groups is 1. The Labute approximate surface area is 120 Å². The number of carbonyl (C=O) groups is 1. The van der Waals surface area contributed by atoms with Crippen molar-refractivity contribution in [3.8, 4) is 5.75 Å². The number of phenols is 1. The second-order valence-electron chi connectivity index (χ2n) is 6.14. The van der Waals surface area contributed by atoms with Crippen LogP contribution in [0.15, 0.2) is 18.2 Å². The summed E-state index contributed by atoms with van der Waals surface area (Å²) in [5.74, 6) is 0.481. The van der Waals surface area contributed by atoms with Crippen molar-refractivity contribution >= 4 is 5.91 Å². The van der Waals surface area contributed by atoms with Crippen LogP contribution in [-0.4, -0.2) is 23.1 Å². The fourth-order valence-corrected chi connectivity index (χ4v) is 2.83. The second kappa shape index (κ2) is 5.83. The molecule has 0 spiro atoms. The van der Waals surface area contributed by atoms with Crippen molar-refractivity contribution in [2.45, 2.75) is 45.1 Å². The Balaban J connectivity index is 2.15. The number of benzene rings is 1. The smallest absolute Gasteiger partial charge is 0.255 e. The number of nitrogens with two attached hydrogens (primary N) is 1. The fraction of sp³-hybridized carbons (Fsp3) is 0.562. The first-order valence-electron chi connectivity index (χ1n) is 7.28. The SMILES string of the molecule is Cc1ccc(O)c(C(=O)NC2(CN)CCC(C)CC2)c1. The van der Waals surface area contributed by atoms with Gasteiger partial charge in [0, 0.05) is 6.54 Å².